The van der Waals surface area contributed by atoms with Gasteiger partial charge in [-0.2, -0.15) is 5.10 Å². The van der Waals surface area contributed by atoms with Gasteiger partial charge in [0.1, 0.15) is 5.82 Å². The first-order valence-electron chi connectivity index (χ1n) is 6.60. The molecule has 17 heavy (non-hydrogen) atoms. The third-order valence-electron chi connectivity index (χ3n) is 4.04. The van der Waals surface area contributed by atoms with Crippen molar-refractivity contribution in [3.63, 3.8) is 0 Å². The Morgan fingerprint density at radius 2 is 2.18 bits per heavy atom. The Hall–Kier alpha value is -1.32. The Labute approximate surface area is 101 Å². The molecule has 4 nitrogen and oxygen atoms in total. The van der Waals surface area contributed by atoms with Crippen molar-refractivity contribution in [2.75, 3.05) is 5.32 Å². The van der Waals surface area contributed by atoms with E-state index in [9.17, 15) is 4.79 Å². The number of aromatic nitrogens is 2. The van der Waals surface area contributed by atoms with Gasteiger partial charge < -0.3 is 5.32 Å². The number of hydrogen-bond acceptors (Lipinski definition) is 2. The van der Waals surface area contributed by atoms with E-state index in [0.29, 0.717) is 12.0 Å². The Balaban J connectivity index is 1.70. The fraction of sp³-hybridized carbons (Fsp3) is 0.692. The van der Waals surface area contributed by atoms with E-state index in [1.165, 1.54) is 25.7 Å². The number of hydrogen-bond donors (Lipinski definition) is 1. The van der Waals surface area contributed by atoms with Gasteiger partial charge in [0.25, 0.3) is 0 Å². The predicted octanol–water partition coefficient (Wildman–Crippen LogP) is 2.59. The molecule has 1 heterocycles. The van der Waals surface area contributed by atoms with Gasteiger partial charge in [-0.25, -0.2) is 4.68 Å². The minimum atomic E-state index is 0.164. The highest BCUT2D eigenvalue weighted by atomic mass is 16.2. The second-order valence-electron chi connectivity index (χ2n) is 5.41. The van der Waals surface area contributed by atoms with Crippen molar-refractivity contribution in [3.05, 3.63) is 12.3 Å². The summed E-state index contributed by atoms with van der Waals surface area (Å²) in [5, 5.41) is 7.37. The van der Waals surface area contributed by atoms with Gasteiger partial charge in [0.2, 0.25) is 5.91 Å². The van der Waals surface area contributed by atoms with Crippen LogP contribution in [0.15, 0.2) is 12.3 Å². The lowest BCUT2D eigenvalue weighted by atomic mass is 10.2. The fourth-order valence-electron chi connectivity index (χ4n) is 2.76. The molecule has 0 aliphatic heterocycles. The largest absolute Gasteiger partial charge is 0.311 e. The molecule has 2 atom stereocenters. The van der Waals surface area contributed by atoms with Gasteiger partial charge in [-0.3, -0.25) is 4.79 Å². The summed E-state index contributed by atoms with van der Waals surface area (Å²) in [4.78, 5) is 11.9. The molecule has 2 fully saturated rings. The van der Waals surface area contributed by atoms with Gasteiger partial charge in [0.15, 0.2) is 0 Å². The first-order valence-corrected chi connectivity index (χ1v) is 6.60. The molecule has 0 aromatic carbocycles. The summed E-state index contributed by atoms with van der Waals surface area (Å²) in [6, 6.07) is 2.39. The molecule has 3 rings (SSSR count). The molecule has 4 heteroatoms. The molecule has 1 N–H and O–H groups in total. The Kier molecular flexibility index (Phi) is 2.65. The van der Waals surface area contributed by atoms with Crippen molar-refractivity contribution in [1.29, 1.82) is 0 Å². The van der Waals surface area contributed by atoms with Gasteiger partial charge in [0, 0.05) is 12.0 Å². The van der Waals surface area contributed by atoms with Gasteiger partial charge in [-0.1, -0.05) is 19.8 Å². The van der Waals surface area contributed by atoms with E-state index < -0.39 is 0 Å². The van der Waals surface area contributed by atoms with Crippen LogP contribution in [0.4, 0.5) is 5.82 Å². The number of amides is 1. The van der Waals surface area contributed by atoms with Gasteiger partial charge in [-0.15, -0.1) is 0 Å². The van der Waals surface area contributed by atoms with Crippen molar-refractivity contribution in [3.8, 4) is 0 Å². The van der Waals surface area contributed by atoms with Gasteiger partial charge in [-0.05, 0) is 25.2 Å². The first-order chi connectivity index (χ1) is 8.25. The highest BCUT2D eigenvalue weighted by Gasteiger charge is 2.39. The van der Waals surface area contributed by atoms with E-state index in [1.54, 1.807) is 6.20 Å². The molecule has 0 spiro atoms. The minimum absolute atomic E-state index is 0.164. The van der Waals surface area contributed by atoms with Gasteiger partial charge in [0.05, 0.1) is 12.2 Å². The second-order valence-corrected chi connectivity index (χ2v) is 5.41. The van der Waals surface area contributed by atoms with Crippen LogP contribution in [-0.2, 0) is 4.79 Å². The maximum absolute atomic E-state index is 11.9. The smallest absolute Gasteiger partial charge is 0.228 e. The summed E-state index contributed by atoms with van der Waals surface area (Å²) < 4.78 is 2.00. The average Bonchev–Trinajstić information content (AvgIpc) is 2.74. The van der Waals surface area contributed by atoms with E-state index >= 15 is 0 Å². The van der Waals surface area contributed by atoms with E-state index in [2.05, 4.69) is 17.3 Å². The van der Waals surface area contributed by atoms with Crippen LogP contribution in [0.2, 0.25) is 0 Å². The monoisotopic (exact) mass is 233 g/mol. The molecule has 0 saturated heterocycles. The van der Waals surface area contributed by atoms with Crippen LogP contribution in [0.25, 0.3) is 0 Å². The highest BCUT2D eigenvalue weighted by Crippen LogP contribution is 2.39. The summed E-state index contributed by atoms with van der Waals surface area (Å²) in [6.45, 7) is 2.12. The Morgan fingerprint density at radius 1 is 1.47 bits per heavy atom. The fourth-order valence-corrected chi connectivity index (χ4v) is 2.76. The first kappa shape index (κ1) is 10.8. The van der Waals surface area contributed by atoms with E-state index in [1.807, 2.05) is 10.7 Å². The molecule has 2 aliphatic carbocycles. The van der Waals surface area contributed by atoms with Gasteiger partial charge >= 0.3 is 0 Å². The van der Waals surface area contributed by atoms with Crippen LogP contribution in [0, 0.1) is 11.8 Å². The van der Waals surface area contributed by atoms with E-state index in [0.717, 1.165) is 12.2 Å². The standard InChI is InChI=1S/C13H19N3O/c1-9-8-11(9)13(17)15-12-6-7-14-16(12)10-4-2-3-5-10/h6-7,9-11H,2-5,8H2,1H3,(H,15,17). The molecular formula is C13H19N3O. The van der Waals surface area contributed by atoms with Crippen LogP contribution in [0.5, 0.6) is 0 Å². The van der Waals surface area contributed by atoms with Crippen LogP contribution in [0.3, 0.4) is 0 Å². The molecule has 1 aromatic heterocycles. The topological polar surface area (TPSA) is 46.9 Å². The SMILES string of the molecule is CC1CC1C(=O)Nc1ccnn1C1CCCC1. The van der Waals surface area contributed by atoms with Crippen molar-refractivity contribution < 1.29 is 4.79 Å². The molecule has 0 radical (unpaired) electrons. The lowest BCUT2D eigenvalue weighted by Gasteiger charge is -2.14. The van der Waals surface area contributed by atoms with Crippen LogP contribution in [0.1, 0.15) is 45.1 Å². The molecule has 2 saturated carbocycles. The number of rotatable bonds is 3. The number of carbonyl (C=O) groups is 1. The van der Waals surface area contributed by atoms with Crippen molar-refractivity contribution >= 4 is 11.7 Å². The Bertz CT molecular complexity index is 420. The molecule has 2 unspecified atom stereocenters. The maximum Gasteiger partial charge on any atom is 0.228 e. The third-order valence-corrected chi connectivity index (χ3v) is 4.04. The normalized spacial score (nSPS) is 28.3. The van der Waals surface area contributed by atoms with E-state index in [-0.39, 0.29) is 11.8 Å². The maximum atomic E-state index is 11.9. The van der Waals surface area contributed by atoms with Crippen LogP contribution < -0.4 is 5.32 Å². The summed E-state index contributed by atoms with van der Waals surface area (Å²) in [5.74, 6) is 1.82. The summed E-state index contributed by atoms with van der Waals surface area (Å²) in [7, 11) is 0. The minimum Gasteiger partial charge on any atom is -0.311 e. The quantitative estimate of drug-likeness (QED) is 0.872. The van der Waals surface area contributed by atoms with Crippen LogP contribution in [-0.4, -0.2) is 15.7 Å². The zero-order valence-corrected chi connectivity index (χ0v) is 10.2. The molecular weight excluding hydrogens is 214 g/mol. The molecule has 2 aliphatic rings. The third kappa shape index (κ3) is 2.08. The molecule has 0 bridgehead atoms. The Morgan fingerprint density at radius 3 is 2.82 bits per heavy atom. The summed E-state index contributed by atoms with van der Waals surface area (Å²) in [5.41, 5.74) is 0. The summed E-state index contributed by atoms with van der Waals surface area (Å²) >= 11 is 0. The second kappa shape index (κ2) is 4.17. The molecule has 92 valence electrons. The summed E-state index contributed by atoms with van der Waals surface area (Å²) in [6.07, 6.45) is 7.73. The number of anilines is 1. The molecule has 1 amide bonds. The van der Waals surface area contributed by atoms with E-state index in [4.69, 9.17) is 0 Å². The average molecular weight is 233 g/mol. The van der Waals surface area contributed by atoms with Crippen molar-refractivity contribution in [1.82, 2.24) is 9.78 Å². The number of nitrogens with zero attached hydrogens (tertiary/aromatic N) is 2. The van der Waals surface area contributed by atoms with Crippen molar-refractivity contribution in [2.45, 2.75) is 45.1 Å². The number of nitrogens with one attached hydrogen (secondary N) is 1. The van der Waals surface area contributed by atoms with Crippen LogP contribution >= 0.6 is 0 Å². The molecule has 1 aromatic rings. The zero-order valence-electron chi connectivity index (χ0n) is 10.2. The lowest BCUT2D eigenvalue weighted by molar-refractivity contribution is -0.117. The zero-order chi connectivity index (χ0) is 11.8. The van der Waals surface area contributed by atoms with Crippen molar-refractivity contribution in [2.24, 2.45) is 11.8 Å². The number of carbonyl (C=O) groups excluding carboxylic acids is 1. The lowest BCUT2D eigenvalue weighted by Crippen LogP contribution is -2.19. The predicted molar refractivity (Wildman–Crippen MR) is 65.6 cm³/mol. The highest BCUT2D eigenvalue weighted by molar-refractivity contribution is 5.93.